The summed E-state index contributed by atoms with van der Waals surface area (Å²) in [7, 11) is 0. The number of aromatic nitrogens is 3. The van der Waals surface area contributed by atoms with E-state index in [9.17, 15) is 0 Å². The van der Waals surface area contributed by atoms with Crippen molar-refractivity contribution in [3.63, 3.8) is 0 Å². The molecule has 43 valence electrons. The Morgan fingerprint density at radius 3 is 2.50 bits per heavy atom. The lowest BCUT2D eigenvalue weighted by atomic mass is 10.4. The van der Waals surface area contributed by atoms with Crippen LogP contribution in [0.25, 0.3) is 0 Å². The molecule has 0 aliphatic heterocycles. The van der Waals surface area contributed by atoms with Crippen LogP contribution in [0.1, 0.15) is 13.8 Å². The molecule has 1 radical (unpaired) electrons. The highest BCUT2D eigenvalue weighted by molar-refractivity contribution is 4.81. The van der Waals surface area contributed by atoms with Crippen LogP contribution in [-0.4, -0.2) is 15.0 Å². The molecular formula is C5H8N3. The second-order valence-electron chi connectivity index (χ2n) is 1.79. The van der Waals surface area contributed by atoms with Gasteiger partial charge in [0, 0.05) is 6.20 Å². The van der Waals surface area contributed by atoms with E-state index in [4.69, 9.17) is 0 Å². The highest BCUT2D eigenvalue weighted by Gasteiger charge is 1.94. The van der Waals surface area contributed by atoms with E-state index in [2.05, 4.69) is 10.3 Å². The summed E-state index contributed by atoms with van der Waals surface area (Å²) in [6.45, 7) is 3.96. The van der Waals surface area contributed by atoms with Crippen molar-refractivity contribution in [3.05, 3.63) is 18.4 Å². The molecule has 0 amide bonds. The third-order valence-corrected chi connectivity index (χ3v) is 0.881. The maximum atomic E-state index is 3.75. The Bertz CT molecular complexity index is 143. The lowest BCUT2D eigenvalue weighted by molar-refractivity contribution is 0.670. The SMILES string of the molecule is C[C](C)n1ccnn1. The topological polar surface area (TPSA) is 30.7 Å². The number of hydrogen-bond donors (Lipinski definition) is 0. The van der Waals surface area contributed by atoms with Gasteiger partial charge in [0.2, 0.25) is 0 Å². The third-order valence-electron chi connectivity index (χ3n) is 0.881. The summed E-state index contributed by atoms with van der Waals surface area (Å²) < 4.78 is 1.72. The maximum absolute atomic E-state index is 3.75. The zero-order chi connectivity index (χ0) is 5.98. The molecule has 1 rings (SSSR count). The molecule has 1 aromatic heterocycles. The van der Waals surface area contributed by atoms with Crippen LogP contribution in [0.5, 0.6) is 0 Å². The fourth-order valence-electron chi connectivity index (χ4n) is 0.447. The molecule has 0 unspecified atom stereocenters. The summed E-state index contributed by atoms with van der Waals surface area (Å²) >= 11 is 0. The largest absolute Gasteiger partial charge is 0.245 e. The second-order valence-corrected chi connectivity index (χ2v) is 1.79. The minimum atomic E-state index is 1.13. The Morgan fingerprint density at radius 1 is 1.50 bits per heavy atom. The molecule has 0 saturated heterocycles. The molecular weight excluding hydrogens is 102 g/mol. The molecule has 1 heterocycles. The van der Waals surface area contributed by atoms with Gasteiger partial charge in [-0.2, -0.15) is 0 Å². The number of rotatable bonds is 1. The van der Waals surface area contributed by atoms with Crippen LogP contribution in [0.4, 0.5) is 0 Å². The van der Waals surface area contributed by atoms with Crippen molar-refractivity contribution in [1.29, 1.82) is 0 Å². The third kappa shape index (κ3) is 0.857. The average molecular weight is 110 g/mol. The quantitative estimate of drug-likeness (QED) is 0.532. The molecule has 0 aliphatic rings. The molecule has 0 spiro atoms. The molecule has 0 aromatic carbocycles. The van der Waals surface area contributed by atoms with Gasteiger partial charge in [0.25, 0.3) is 0 Å². The standard InChI is InChI=1S/C5H8N3/c1-5(2)8-4-3-6-7-8/h3-4H,1-2H3. The van der Waals surface area contributed by atoms with Gasteiger partial charge in [0.15, 0.2) is 0 Å². The highest BCUT2D eigenvalue weighted by atomic mass is 15.4. The second kappa shape index (κ2) is 1.94. The van der Waals surface area contributed by atoms with Gasteiger partial charge in [0.1, 0.15) is 0 Å². The Balaban J connectivity index is 2.77. The Morgan fingerprint density at radius 2 is 2.25 bits per heavy atom. The van der Waals surface area contributed by atoms with Crippen molar-refractivity contribution in [2.24, 2.45) is 0 Å². The molecule has 0 bridgehead atoms. The summed E-state index contributed by atoms with van der Waals surface area (Å²) in [4.78, 5) is 0. The predicted octanol–water partition coefficient (Wildman–Crippen LogP) is 0.698. The van der Waals surface area contributed by atoms with E-state index in [1.54, 1.807) is 10.9 Å². The van der Waals surface area contributed by atoms with Crippen molar-refractivity contribution < 1.29 is 0 Å². The minimum absolute atomic E-state index is 1.13. The Hall–Kier alpha value is -0.860. The monoisotopic (exact) mass is 110 g/mol. The zero-order valence-corrected chi connectivity index (χ0v) is 5.00. The molecule has 3 nitrogen and oxygen atoms in total. The molecule has 8 heavy (non-hydrogen) atoms. The van der Waals surface area contributed by atoms with Crippen LogP contribution in [0.2, 0.25) is 0 Å². The summed E-state index contributed by atoms with van der Waals surface area (Å²) in [6, 6.07) is 1.13. The summed E-state index contributed by atoms with van der Waals surface area (Å²) in [5.74, 6) is 0. The van der Waals surface area contributed by atoms with Crippen LogP contribution in [0.15, 0.2) is 12.4 Å². The highest BCUT2D eigenvalue weighted by Crippen LogP contribution is 1.95. The van der Waals surface area contributed by atoms with Gasteiger partial charge in [-0.05, 0) is 13.8 Å². The van der Waals surface area contributed by atoms with Crippen LogP contribution >= 0.6 is 0 Å². The molecule has 1 aromatic rings. The fourth-order valence-corrected chi connectivity index (χ4v) is 0.447. The lowest BCUT2D eigenvalue weighted by Crippen LogP contribution is -2.01. The van der Waals surface area contributed by atoms with Crippen molar-refractivity contribution >= 4 is 0 Å². The maximum Gasteiger partial charge on any atom is 0.0835 e. The van der Waals surface area contributed by atoms with Crippen molar-refractivity contribution in [1.82, 2.24) is 15.0 Å². The first-order valence-electron chi connectivity index (χ1n) is 2.47. The first kappa shape index (κ1) is 5.28. The molecule has 3 heteroatoms. The summed E-state index contributed by atoms with van der Waals surface area (Å²) in [5, 5.41) is 7.38. The Kier molecular flexibility index (Phi) is 1.28. The minimum Gasteiger partial charge on any atom is -0.245 e. The lowest BCUT2D eigenvalue weighted by Gasteiger charge is -1.98. The van der Waals surface area contributed by atoms with Gasteiger partial charge < -0.3 is 0 Å². The van der Waals surface area contributed by atoms with E-state index in [1.165, 1.54) is 0 Å². The first-order valence-corrected chi connectivity index (χ1v) is 2.47. The van der Waals surface area contributed by atoms with E-state index >= 15 is 0 Å². The van der Waals surface area contributed by atoms with E-state index in [-0.39, 0.29) is 0 Å². The van der Waals surface area contributed by atoms with E-state index in [1.807, 2.05) is 20.0 Å². The molecule has 0 aliphatic carbocycles. The van der Waals surface area contributed by atoms with Crippen LogP contribution < -0.4 is 0 Å². The molecule has 0 fully saturated rings. The molecule has 0 atom stereocenters. The van der Waals surface area contributed by atoms with Crippen molar-refractivity contribution in [3.8, 4) is 0 Å². The summed E-state index contributed by atoms with van der Waals surface area (Å²) in [5.41, 5.74) is 0. The van der Waals surface area contributed by atoms with Gasteiger partial charge in [-0.3, -0.25) is 0 Å². The Labute approximate surface area is 48.3 Å². The zero-order valence-electron chi connectivity index (χ0n) is 5.00. The first-order chi connectivity index (χ1) is 3.80. The average Bonchev–Trinajstić information content (AvgIpc) is 2.12. The van der Waals surface area contributed by atoms with Gasteiger partial charge in [-0.25, -0.2) is 4.68 Å². The van der Waals surface area contributed by atoms with E-state index in [0.717, 1.165) is 6.04 Å². The normalized spacial score (nSPS) is 10.4. The van der Waals surface area contributed by atoms with Crippen LogP contribution in [0.3, 0.4) is 0 Å². The molecule has 0 saturated carbocycles. The van der Waals surface area contributed by atoms with Gasteiger partial charge in [0.05, 0.1) is 12.2 Å². The van der Waals surface area contributed by atoms with Crippen molar-refractivity contribution in [2.45, 2.75) is 13.8 Å². The van der Waals surface area contributed by atoms with Crippen LogP contribution in [0, 0.1) is 6.04 Å². The van der Waals surface area contributed by atoms with E-state index < -0.39 is 0 Å². The van der Waals surface area contributed by atoms with Crippen molar-refractivity contribution in [2.75, 3.05) is 0 Å². The summed E-state index contributed by atoms with van der Waals surface area (Å²) in [6.07, 6.45) is 3.47. The fraction of sp³-hybridized carbons (Fsp3) is 0.400. The van der Waals surface area contributed by atoms with Gasteiger partial charge >= 0.3 is 0 Å². The molecule has 0 N–H and O–H groups in total. The predicted molar refractivity (Wildman–Crippen MR) is 30.0 cm³/mol. The number of nitrogens with zero attached hydrogens (tertiary/aromatic N) is 3. The van der Waals surface area contributed by atoms with Crippen LogP contribution in [-0.2, 0) is 0 Å². The van der Waals surface area contributed by atoms with Gasteiger partial charge in [-0.1, -0.05) is 5.21 Å². The van der Waals surface area contributed by atoms with E-state index in [0.29, 0.717) is 0 Å². The number of hydrogen-bond acceptors (Lipinski definition) is 2. The smallest absolute Gasteiger partial charge is 0.0835 e. The van der Waals surface area contributed by atoms with Gasteiger partial charge in [-0.15, -0.1) is 5.10 Å².